The lowest BCUT2D eigenvalue weighted by Gasteiger charge is -2.39. The highest BCUT2D eigenvalue weighted by Gasteiger charge is 2.37. The van der Waals surface area contributed by atoms with Crippen molar-refractivity contribution in [2.45, 2.75) is 25.9 Å². The molecule has 0 aromatic heterocycles. The fourth-order valence-electron chi connectivity index (χ4n) is 4.05. The van der Waals surface area contributed by atoms with E-state index in [0.29, 0.717) is 19.8 Å². The molecule has 31 heavy (non-hydrogen) atoms. The summed E-state index contributed by atoms with van der Waals surface area (Å²) >= 11 is 0. The Morgan fingerprint density at radius 1 is 1.00 bits per heavy atom. The lowest BCUT2D eigenvalue weighted by molar-refractivity contribution is -0.255. The van der Waals surface area contributed by atoms with Crippen LogP contribution in [0.2, 0.25) is 0 Å². The highest BCUT2D eigenvalue weighted by molar-refractivity contribution is 5.48. The molecular weight excluding hydrogens is 392 g/mol. The third-order valence-corrected chi connectivity index (χ3v) is 6.50. The summed E-state index contributed by atoms with van der Waals surface area (Å²) in [5.74, 6) is 0. The molecule has 1 unspecified atom stereocenters. The Balaban J connectivity index is 1.29. The first kappa shape index (κ1) is 22.2. The molecule has 2 aromatic carbocycles. The third-order valence-electron chi connectivity index (χ3n) is 6.50. The average Bonchev–Trinajstić information content (AvgIpc) is 2.84. The first-order chi connectivity index (χ1) is 15.1. The van der Waals surface area contributed by atoms with Crippen LogP contribution in [0.15, 0.2) is 54.6 Å². The number of nitrogens with zero attached hydrogens (tertiary/aromatic N) is 2. The van der Waals surface area contributed by atoms with E-state index in [0.717, 1.165) is 43.7 Å². The Morgan fingerprint density at radius 2 is 1.65 bits per heavy atom. The Hall–Kier alpha value is -1.96. The van der Waals surface area contributed by atoms with Crippen LogP contribution < -0.4 is 4.90 Å². The van der Waals surface area contributed by atoms with Gasteiger partial charge >= 0.3 is 0 Å². The van der Waals surface area contributed by atoms with Crippen LogP contribution in [0, 0.1) is 5.41 Å². The van der Waals surface area contributed by atoms with E-state index in [4.69, 9.17) is 14.2 Å². The molecule has 1 atom stereocenters. The van der Waals surface area contributed by atoms with Crippen molar-refractivity contribution in [3.05, 3.63) is 65.7 Å². The van der Waals surface area contributed by atoms with Crippen LogP contribution in [0.25, 0.3) is 0 Å². The number of hydrogen-bond donors (Lipinski definition) is 1. The molecule has 2 heterocycles. The summed E-state index contributed by atoms with van der Waals surface area (Å²) < 4.78 is 17.9. The van der Waals surface area contributed by atoms with E-state index < -0.39 is 6.29 Å². The zero-order chi connectivity index (χ0) is 21.7. The topological polar surface area (TPSA) is 54.4 Å². The predicted molar refractivity (Wildman–Crippen MR) is 121 cm³/mol. The maximum Gasteiger partial charge on any atom is 0.183 e. The van der Waals surface area contributed by atoms with Crippen molar-refractivity contribution in [3.63, 3.8) is 0 Å². The van der Waals surface area contributed by atoms with Crippen LogP contribution in [0.4, 0.5) is 5.69 Å². The van der Waals surface area contributed by atoms with Crippen molar-refractivity contribution < 1.29 is 19.3 Å². The number of aliphatic hydroxyl groups is 1. The van der Waals surface area contributed by atoms with E-state index in [9.17, 15) is 5.11 Å². The summed E-state index contributed by atoms with van der Waals surface area (Å²) in [6.45, 7) is 7.76. The second kappa shape index (κ2) is 10.1. The van der Waals surface area contributed by atoms with Gasteiger partial charge in [-0.05, 0) is 25.6 Å². The van der Waals surface area contributed by atoms with Gasteiger partial charge in [-0.2, -0.15) is 0 Å². The fourth-order valence-corrected chi connectivity index (χ4v) is 4.05. The van der Waals surface area contributed by atoms with Gasteiger partial charge in [0.1, 0.15) is 0 Å². The Kier molecular flexibility index (Phi) is 7.25. The lowest BCUT2D eigenvalue weighted by Crippen LogP contribution is -2.44. The van der Waals surface area contributed by atoms with Crippen LogP contribution in [-0.2, 0) is 14.2 Å². The molecule has 2 aromatic rings. The van der Waals surface area contributed by atoms with Crippen LogP contribution in [0.1, 0.15) is 37.1 Å². The van der Waals surface area contributed by atoms with Crippen molar-refractivity contribution in [3.8, 4) is 0 Å². The number of anilines is 1. The van der Waals surface area contributed by atoms with Crippen LogP contribution >= 0.6 is 0 Å². The number of piperazine rings is 1. The molecular formula is C25H34N2O4. The van der Waals surface area contributed by atoms with Gasteiger partial charge in [-0.15, -0.1) is 0 Å². The highest BCUT2D eigenvalue weighted by atomic mass is 16.7. The van der Waals surface area contributed by atoms with Crippen LogP contribution in [0.3, 0.4) is 0 Å². The van der Waals surface area contributed by atoms with Gasteiger partial charge in [0, 0.05) is 48.4 Å². The van der Waals surface area contributed by atoms with E-state index in [2.05, 4.69) is 35.9 Å². The van der Waals surface area contributed by atoms with Crippen molar-refractivity contribution >= 4 is 5.69 Å². The summed E-state index contributed by atoms with van der Waals surface area (Å²) in [6.07, 6.45) is -0.450. The molecule has 0 saturated carbocycles. The monoisotopic (exact) mass is 426 g/mol. The average molecular weight is 427 g/mol. The molecule has 168 valence electrons. The molecule has 4 rings (SSSR count). The zero-order valence-electron chi connectivity index (χ0n) is 18.6. The number of aliphatic hydroxyl groups excluding tert-OH is 1. The number of likely N-dealkylation sites (N-methyl/N-ethyl adjacent to an activating group) is 1. The molecule has 0 bridgehead atoms. The first-order valence-corrected chi connectivity index (χ1v) is 11.2. The highest BCUT2D eigenvalue weighted by Crippen LogP contribution is 2.35. The van der Waals surface area contributed by atoms with E-state index in [1.54, 1.807) is 0 Å². The Labute approximate surface area is 185 Å². The number of benzene rings is 2. The van der Waals surface area contributed by atoms with E-state index >= 15 is 0 Å². The molecule has 2 fully saturated rings. The normalized spacial score (nSPS) is 26.0. The van der Waals surface area contributed by atoms with E-state index in [-0.39, 0.29) is 11.7 Å². The SMILES string of the molecule is CCC1(COC(O)c2ccc(N3CCN(C)CC3)cc2)COC(c2ccccc2)OC1. The predicted octanol–water partition coefficient (Wildman–Crippen LogP) is 3.59. The molecule has 0 spiro atoms. The largest absolute Gasteiger partial charge is 0.369 e. The quantitative estimate of drug-likeness (QED) is 0.683. The molecule has 1 N–H and O–H groups in total. The molecule has 0 amide bonds. The van der Waals surface area contributed by atoms with Crippen LogP contribution in [-0.4, -0.2) is 63.1 Å². The summed E-state index contributed by atoms with van der Waals surface area (Å²) in [5, 5.41) is 10.6. The minimum atomic E-state index is -0.961. The molecule has 0 radical (unpaired) electrons. The van der Waals surface area contributed by atoms with Crippen LogP contribution in [0.5, 0.6) is 0 Å². The molecule has 2 aliphatic rings. The van der Waals surface area contributed by atoms with Gasteiger partial charge < -0.3 is 29.1 Å². The van der Waals surface area contributed by atoms with Crippen molar-refractivity contribution in [2.24, 2.45) is 5.41 Å². The van der Waals surface area contributed by atoms with E-state index in [1.165, 1.54) is 5.69 Å². The minimum Gasteiger partial charge on any atom is -0.369 e. The summed E-state index contributed by atoms with van der Waals surface area (Å²) in [4.78, 5) is 4.72. The first-order valence-electron chi connectivity index (χ1n) is 11.2. The van der Waals surface area contributed by atoms with Gasteiger partial charge in [-0.1, -0.05) is 49.4 Å². The van der Waals surface area contributed by atoms with Crippen molar-refractivity contribution in [1.82, 2.24) is 4.90 Å². The number of rotatable bonds is 7. The molecule has 6 heteroatoms. The maximum absolute atomic E-state index is 10.6. The molecule has 6 nitrogen and oxygen atoms in total. The van der Waals surface area contributed by atoms with Gasteiger partial charge in [0.15, 0.2) is 12.6 Å². The summed E-state index contributed by atoms with van der Waals surface area (Å²) in [7, 11) is 2.15. The Morgan fingerprint density at radius 3 is 2.26 bits per heavy atom. The smallest absolute Gasteiger partial charge is 0.183 e. The molecule has 2 saturated heterocycles. The molecule has 0 aliphatic carbocycles. The van der Waals surface area contributed by atoms with Gasteiger partial charge in [0.25, 0.3) is 0 Å². The maximum atomic E-state index is 10.6. The summed E-state index contributed by atoms with van der Waals surface area (Å²) in [6, 6.07) is 18.0. The Bertz CT molecular complexity index is 798. The minimum absolute atomic E-state index is 0.258. The zero-order valence-corrected chi connectivity index (χ0v) is 18.6. The van der Waals surface area contributed by atoms with Crippen molar-refractivity contribution in [1.29, 1.82) is 0 Å². The second-order valence-electron chi connectivity index (χ2n) is 8.76. The second-order valence-corrected chi connectivity index (χ2v) is 8.76. The van der Waals surface area contributed by atoms with Crippen molar-refractivity contribution in [2.75, 3.05) is 57.9 Å². The van der Waals surface area contributed by atoms with Gasteiger partial charge in [0.05, 0.1) is 19.8 Å². The van der Waals surface area contributed by atoms with E-state index in [1.807, 2.05) is 42.5 Å². The standard InChI is InChI=1S/C25H34N2O4/c1-3-25(18-30-24(31-19-25)21-7-5-4-6-8-21)17-29-23(28)20-9-11-22(12-10-20)27-15-13-26(2)14-16-27/h4-12,23-24,28H,3,13-19H2,1-2H3. The van der Waals surface area contributed by atoms with Gasteiger partial charge in [-0.25, -0.2) is 0 Å². The van der Waals surface area contributed by atoms with Gasteiger partial charge in [-0.3, -0.25) is 0 Å². The number of hydrogen-bond acceptors (Lipinski definition) is 6. The fraction of sp³-hybridized carbons (Fsp3) is 0.520. The number of ether oxygens (including phenoxy) is 3. The third kappa shape index (κ3) is 5.45. The van der Waals surface area contributed by atoms with Gasteiger partial charge in [0.2, 0.25) is 0 Å². The lowest BCUT2D eigenvalue weighted by atomic mass is 9.87. The molecule has 2 aliphatic heterocycles. The summed E-state index contributed by atoms with van der Waals surface area (Å²) in [5.41, 5.74) is 2.72.